The maximum Gasteiger partial charge on any atom is 0.140 e. The smallest absolute Gasteiger partial charge is 0.140 e. The lowest BCUT2D eigenvalue weighted by molar-refractivity contribution is 0.0295. The van der Waals surface area contributed by atoms with Crippen LogP contribution in [0.25, 0.3) is 10.1 Å². The Balaban J connectivity index is 1.59. The molecular weight excluding hydrogens is 406 g/mol. The van der Waals surface area contributed by atoms with E-state index in [1.807, 2.05) is 29.0 Å². The van der Waals surface area contributed by atoms with Gasteiger partial charge in [-0.2, -0.15) is 0 Å². The molecule has 1 atom stereocenters. The third-order valence-electron chi connectivity index (χ3n) is 4.22. The molecule has 0 aliphatic heterocycles. The van der Waals surface area contributed by atoms with Crippen LogP contribution in [0, 0.1) is 5.82 Å². The monoisotopic (exact) mass is 420 g/mol. The molecule has 3 nitrogen and oxygen atoms in total. The molecule has 2 aromatic carbocycles. The topological polar surface area (TPSA) is 27.1 Å². The molecule has 0 fully saturated rings. The number of hydrogen-bond acceptors (Lipinski definition) is 3. The minimum absolute atomic E-state index is 0.209. The molecule has 138 valence electrons. The molecule has 2 heterocycles. The molecule has 4 rings (SSSR count). The summed E-state index contributed by atoms with van der Waals surface area (Å²) in [5.41, 5.74) is 0.849. The number of fused-ring (bicyclic) bond motifs is 1. The van der Waals surface area contributed by atoms with E-state index >= 15 is 0 Å². The summed E-state index contributed by atoms with van der Waals surface area (Å²) >= 11 is 13.8. The number of imidazole rings is 1. The zero-order valence-electron chi connectivity index (χ0n) is 14.1. The van der Waals surface area contributed by atoms with Crippen molar-refractivity contribution >= 4 is 44.6 Å². The molecule has 7 heteroatoms. The number of aromatic nitrogens is 2. The number of thiophene rings is 1. The van der Waals surface area contributed by atoms with Gasteiger partial charge >= 0.3 is 0 Å². The Labute approximate surface area is 169 Å². The molecule has 1 unspecified atom stereocenters. The fourth-order valence-corrected chi connectivity index (χ4v) is 4.44. The lowest BCUT2D eigenvalue weighted by atomic mass is 10.1. The highest BCUT2D eigenvalue weighted by atomic mass is 35.5. The van der Waals surface area contributed by atoms with Crippen LogP contribution in [0.3, 0.4) is 0 Å². The Hall–Kier alpha value is -1.92. The third kappa shape index (κ3) is 4.17. The predicted octanol–water partition coefficient (Wildman–Crippen LogP) is 6.50. The van der Waals surface area contributed by atoms with E-state index in [9.17, 15) is 4.39 Å². The number of benzene rings is 2. The van der Waals surface area contributed by atoms with E-state index < -0.39 is 0 Å². The van der Waals surface area contributed by atoms with E-state index in [0.717, 1.165) is 15.8 Å². The number of rotatable bonds is 6. The second-order valence-corrected chi connectivity index (χ2v) is 8.08. The molecule has 2 aromatic heterocycles. The molecule has 0 aliphatic rings. The maximum atomic E-state index is 13.9. The first-order chi connectivity index (χ1) is 13.1. The van der Waals surface area contributed by atoms with Gasteiger partial charge in [-0.1, -0.05) is 41.4 Å². The van der Waals surface area contributed by atoms with Crippen molar-refractivity contribution in [3.63, 3.8) is 0 Å². The molecule has 0 radical (unpaired) electrons. The summed E-state index contributed by atoms with van der Waals surface area (Å²) in [6, 6.07) is 12.4. The fourth-order valence-electron chi connectivity index (χ4n) is 2.92. The minimum Gasteiger partial charge on any atom is -0.366 e. The van der Waals surface area contributed by atoms with Gasteiger partial charge in [0.05, 0.1) is 24.2 Å². The van der Waals surface area contributed by atoms with E-state index in [4.69, 9.17) is 27.9 Å². The first kappa shape index (κ1) is 18.4. The van der Waals surface area contributed by atoms with E-state index in [2.05, 4.69) is 4.98 Å². The molecule has 0 saturated heterocycles. The molecule has 0 saturated carbocycles. The van der Waals surface area contributed by atoms with Crippen LogP contribution in [-0.4, -0.2) is 9.55 Å². The Morgan fingerprint density at radius 3 is 2.81 bits per heavy atom. The van der Waals surface area contributed by atoms with Crippen LogP contribution in [0.4, 0.5) is 4.39 Å². The molecule has 0 aliphatic carbocycles. The average molecular weight is 421 g/mol. The van der Waals surface area contributed by atoms with Gasteiger partial charge in [-0.3, -0.25) is 0 Å². The third-order valence-corrected chi connectivity index (χ3v) is 5.91. The highest BCUT2D eigenvalue weighted by Gasteiger charge is 2.18. The van der Waals surface area contributed by atoms with Crippen LogP contribution in [0.1, 0.15) is 16.5 Å². The Morgan fingerprint density at radius 2 is 2.07 bits per heavy atom. The van der Waals surface area contributed by atoms with Gasteiger partial charge in [0.1, 0.15) is 11.9 Å². The summed E-state index contributed by atoms with van der Waals surface area (Å²) in [4.78, 5) is 5.03. The van der Waals surface area contributed by atoms with Crippen molar-refractivity contribution in [2.75, 3.05) is 0 Å². The summed E-state index contributed by atoms with van der Waals surface area (Å²) < 4.78 is 22.7. The predicted molar refractivity (Wildman–Crippen MR) is 108 cm³/mol. The summed E-state index contributed by atoms with van der Waals surface area (Å²) in [6.07, 6.45) is 5.03. The van der Waals surface area contributed by atoms with Crippen molar-refractivity contribution in [3.8, 4) is 0 Å². The number of nitrogens with zero attached hydrogens (tertiary/aromatic N) is 2. The van der Waals surface area contributed by atoms with Gasteiger partial charge in [0, 0.05) is 32.9 Å². The van der Waals surface area contributed by atoms with Crippen molar-refractivity contribution in [1.82, 2.24) is 9.55 Å². The van der Waals surface area contributed by atoms with Crippen LogP contribution in [0.2, 0.25) is 10.0 Å². The van der Waals surface area contributed by atoms with E-state index in [-0.39, 0.29) is 11.9 Å². The quantitative estimate of drug-likeness (QED) is 0.355. The summed E-state index contributed by atoms with van der Waals surface area (Å²) in [6.45, 7) is 0.914. The fraction of sp³-hybridized carbons (Fsp3) is 0.150. The molecule has 0 spiro atoms. The maximum absolute atomic E-state index is 13.9. The minimum atomic E-state index is -0.293. The highest BCUT2D eigenvalue weighted by molar-refractivity contribution is 7.19. The van der Waals surface area contributed by atoms with E-state index in [1.54, 1.807) is 30.7 Å². The number of hydrogen-bond donors (Lipinski definition) is 0. The number of halogens is 3. The standard InChI is InChI=1S/C20H15Cl2FN2OS/c21-14-4-5-16(17(22)9-14)19(10-25-7-6-24-12-25)26-11-15-8-13-2-1-3-18(23)20(13)27-15/h1-9,12,19H,10-11H2. The molecule has 0 amide bonds. The van der Waals surface area contributed by atoms with Crippen molar-refractivity contribution < 1.29 is 9.13 Å². The second-order valence-electron chi connectivity index (χ2n) is 6.10. The zero-order chi connectivity index (χ0) is 18.8. The Kier molecular flexibility index (Phi) is 5.45. The molecule has 27 heavy (non-hydrogen) atoms. The normalized spacial score (nSPS) is 12.6. The second kappa shape index (κ2) is 7.98. The molecular formula is C20H15Cl2FN2OS. The lowest BCUT2D eigenvalue weighted by Gasteiger charge is -2.20. The lowest BCUT2D eigenvalue weighted by Crippen LogP contribution is -2.12. The Bertz CT molecular complexity index is 1070. The molecule has 4 aromatic rings. The van der Waals surface area contributed by atoms with Gasteiger partial charge in [-0.15, -0.1) is 11.3 Å². The van der Waals surface area contributed by atoms with Gasteiger partial charge < -0.3 is 9.30 Å². The van der Waals surface area contributed by atoms with Gasteiger partial charge in [0.2, 0.25) is 0 Å². The van der Waals surface area contributed by atoms with Crippen molar-refractivity contribution in [1.29, 1.82) is 0 Å². The van der Waals surface area contributed by atoms with Gasteiger partial charge in [-0.05, 0) is 29.7 Å². The van der Waals surface area contributed by atoms with Crippen LogP contribution >= 0.6 is 34.5 Å². The van der Waals surface area contributed by atoms with Crippen molar-refractivity contribution in [2.45, 2.75) is 19.3 Å². The van der Waals surface area contributed by atoms with Crippen LogP contribution in [0.5, 0.6) is 0 Å². The van der Waals surface area contributed by atoms with E-state index in [1.165, 1.54) is 17.4 Å². The van der Waals surface area contributed by atoms with Gasteiger partial charge in [0.15, 0.2) is 0 Å². The summed E-state index contributed by atoms with van der Waals surface area (Å²) in [5.74, 6) is -0.209. The largest absolute Gasteiger partial charge is 0.366 e. The van der Waals surface area contributed by atoms with Gasteiger partial charge in [0.25, 0.3) is 0 Å². The van der Waals surface area contributed by atoms with Crippen LogP contribution < -0.4 is 0 Å². The van der Waals surface area contributed by atoms with Crippen LogP contribution in [0.15, 0.2) is 61.2 Å². The summed E-state index contributed by atoms with van der Waals surface area (Å²) in [7, 11) is 0. The van der Waals surface area contributed by atoms with Crippen molar-refractivity contribution in [2.24, 2.45) is 0 Å². The number of ether oxygens (including phenoxy) is 1. The molecule has 0 N–H and O–H groups in total. The average Bonchev–Trinajstić information content (AvgIpc) is 3.29. The van der Waals surface area contributed by atoms with Crippen molar-refractivity contribution in [3.05, 3.63) is 87.5 Å². The first-order valence-corrected chi connectivity index (χ1v) is 9.86. The van der Waals surface area contributed by atoms with E-state index in [0.29, 0.717) is 27.9 Å². The highest BCUT2D eigenvalue weighted by Crippen LogP contribution is 2.33. The SMILES string of the molecule is Fc1cccc2cc(COC(Cn3ccnc3)c3ccc(Cl)cc3Cl)sc12. The molecule has 0 bridgehead atoms. The zero-order valence-corrected chi connectivity index (χ0v) is 16.4. The van der Waals surface area contributed by atoms with Gasteiger partial charge in [-0.25, -0.2) is 9.37 Å². The first-order valence-electron chi connectivity index (χ1n) is 8.29. The van der Waals surface area contributed by atoms with Crippen LogP contribution in [-0.2, 0) is 17.9 Å². The Morgan fingerprint density at radius 1 is 1.19 bits per heavy atom. The summed E-state index contributed by atoms with van der Waals surface area (Å²) in [5, 5.41) is 2.01.